The van der Waals surface area contributed by atoms with Crippen LogP contribution in [0.2, 0.25) is 0 Å². The zero-order valence-electron chi connectivity index (χ0n) is 13.8. The normalized spacial score (nSPS) is 15.9. The number of imide groups is 1. The fourth-order valence-corrected chi connectivity index (χ4v) is 3.17. The van der Waals surface area contributed by atoms with E-state index in [1.165, 1.54) is 4.90 Å². The van der Waals surface area contributed by atoms with Gasteiger partial charge >= 0.3 is 6.03 Å². The van der Waals surface area contributed by atoms with Gasteiger partial charge in [0.25, 0.3) is 5.91 Å². The lowest BCUT2D eigenvalue weighted by atomic mass is 10.1. The summed E-state index contributed by atoms with van der Waals surface area (Å²) in [4.78, 5) is 25.7. The molecule has 7 nitrogen and oxygen atoms in total. The maximum atomic E-state index is 12.1. The Kier molecular flexibility index (Phi) is 5.66. The van der Waals surface area contributed by atoms with Crippen molar-refractivity contribution in [2.45, 2.75) is 31.6 Å². The summed E-state index contributed by atoms with van der Waals surface area (Å²) in [5.74, 6) is -0.218. The number of benzene rings is 1. The summed E-state index contributed by atoms with van der Waals surface area (Å²) in [7, 11) is -3.20. The smallest absolute Gasteiger partial charge is 0.324 e. The molecule has 0 unspecified atom stereocenters. The van der Waals surface area contributed by atoms with Crippen LogP contribution in [0, 0.1) is 0 Å². The Balaban J connectivity index is 1.85. The molecule has 1 aromatic carbocycles. The molecule has 5 N–H and O–H groups in total. The van der Waals surface area contributed by atoms with Crippen LogP contribution in [0.5, 0.6) is 0 Å². The third kappa shape index (κ3) is 4.15. The quantitative estimate of drug-likeness (QED) is 0.649. The minimum absolute atomic E-state index is 0.218. The van der Waals surface area contributed by atoms with Gasteiger partial charge in [-0.05, 0) is 43.0 Å². The van der Waals surface area contributed by atoms with E-state index in [0.717, 1.165) is 11.1 Å². The zero-order chi connectivity index (χ0) is 17.9. The highest BCUT2D eigenvalue weighted by atomic mass is 32.3. The van der Waals surface area contributed by atoms with Crippen molar-refractivity contribution in [2.24, 2.45) is 5.14 Å². The number of carbonyl (C=O) groups excluding carboxylic acids is 2. The Morgan fingerprint density at radius 3 is 2.46 bits per heavy atom. The largest absolute Gasteiger partial charge is 0.337 e. The summed E-state index contributed by atoms with van der Waals surface area (Å²) in [6.07, 6.45) is 1.19. The summed E-state index contributed by atoms with van der Waals surface area (Å²) in [5.41, 5.74) is 2.56. The highest BCUT2D eigenvalue weighted by Gasteiger charge is 2.31. The van der Waals surface area contributed by atoms with E-state index in [1.54, 1.807) is 24.3 Å². The van der Waals surface area contributed by atoms with E-state index in [2.05, 4.69) is 5.32 Å². The Bertz CT molecular complexity index is 665. The maximum Gasteiger partial charge on any atom is 0.324 e. The van der Waals surface area contributed by atoms with Gasteiger partial charge in [-0.3, -0.25) is 18.8 Å². The van der Waals surface area contributed by atoms with E-state index in [0.29, 0.717) is 31.5 Å². The third-order valence-electron chi connectivity index (χ3n) is 3.97. The van der Waals surface area contributed by atoms with E-state index in [-0.39, 0.29) is 10.8 Å². The monoisotopic (exact) mass is 353 g/mol. The predicted molar refractivity (Wildman–Crippen MR) is 93.6 cm³/mol. The molecule has 1 heterocycles. The Hall–Kier alpha value is -1.87. The standard InChI is InChI=1S/C16H23N3O4S/c1-3-14-11(2)10-19(15(14)20)16(21)18-9-8-12-4-6-13(7-5-12)24(17,22)23/h4-7,22-23H,3,8-10,17H2,1-2H3,(H,18,21). The fraction of sp³-hybridized carbons (Fsp3) is 0.375. The lowest BCUT2D eigenvalue weighted by Gasteiger charge is -2.26. The summed E-state index contributed by atoms with van der Waals surface area (Å²) in [6, 6.07) is 6.17. The number of hydrogen-bond acceptors (Lipinski definition) is 5. The first kappa shape index (κ1) is 18.5. The second kappa shape index (κ2) is 7.35. The van der Waals surface area contributed by atoms with Gasteiger partial charge in [0.15, 0.2) is 0 Å². The van der Waals surface area contributed by atoms with Crippen LogP contribution in [0.4, 0.5) is 4.79 Å². The molecule has 1 aliphatic heterocycles. The zero-order valence-corrected chi connectivity index (χ0v) is 14.6. The van der Waals surface area contributed by atoms with E-state index in [9.17, 15) is 18.7 Å². The van der Waals surface area contributed by atoms with Crippen LogP contribution in [0.3, 0.4) is 0 Å². The Labute approximate surface area is 143 Å². The average Bonchev–Trinajstić information content (AvgIpc) is 2.81. The van der Waals surface area contributed by atoms with Crippen LogP contribution in [0.15, 0.2) is 40.3 Å². The van der Waals surface area contributed by atoms with Gasteiger partial charge in [-0.2, -0.15) is 0 Å². The Morgan fingerprint density at radius 2 is 1.96 bits per heavy atom. The maximum absolute atomic E-state index is 12.1. The molecule has 0 saturated heterocycles. The second-order valence-electron chi connectivity index (χ2n) is 5.72. The average molecular weight is 353 g/mol. The van der Waals surface area contributed by atoms with Crippen molar-refractivity contribution in [3.05, 3.63) is 41.0 Å². The van der Waals surface area contributed by atoms with Crippen LogP contribution in [-0.4, -0.2) is 39.0 Å². The van der Waals surface area contributed by atoms with Crippen LogP contribution >= 0.6 is 10.8 Å². The van der Waals surface area contributed by atoms with Crippen LogP contribution in [0.25, 0.3) is 0 Å². The molecule has 0 radical (unpaired) electrons. The van der Waals surface area contributed by atoms with Gasteiger partial charge < -0.3 is 5.32 Å². The first-order chi connectivity index (χ1) is 11.2. The highest BCUT2D eigenvalue weighted by Crippen LogP contribution is 2.39. The molecule has 8 heteroatoms. The number of hydrogen-bond donors (Lipinski definition) is 4. The van der Waals surface area contributed by atoms with E-state index >= 15 is 0 Å². The van der Waals surface area contributed by atoms with Gasteiger partial charge in [0.2, 0.25) is 0 Å². The molecule has 24 heavy (non-hydrogen) atoms. The highest BCUT2D eigenvalue weighted by molar-refractivity contribution is 8.22. The molecule has 0 aromatic heterocycles. The lowest BCUT2D eigenvalue weighted by Crippen LogP contribution is -2.42. The molecule has 2 rings (SSSR count). The molecule has 0 spiro atoms. The number of nitrogens with zero attached hydrogens (tertiary/aromatic N) is 1. The molecule has 0 fully saturated rings. The van der Waals surface area contributed by atoms with Gasteiger partial charge in [-0.25, -0.2) is 9.93 Å². The minimum Gasteiger partial charge on any atom is -0.337 e. The predicted octanol–water partition coefficient (Wildman–Crippen LogP) is 2.49. The number of amides is 3. The summed E-state index contributed by atoms with van der Waals surface area (Å²) in [6.45, 7) is 4.49. The number of carbonyl (C=O) groups is 2. The van der Waals surface area contributed by atoms with Crippen molar-refractivity contribution in [3.8, 4) is 0 Å². The second-order valence-corrected chi connectivity index (χ2v) is 7.38. The molecule has 1 aromatic rings. The lowest BCUT2D eigenvalue weighted by molar-refractivity contribution is -0.123. The fourth-order valence-electron chi connectivity index (χ4n) is 2.63. The Morgan fingerprint density at radius 1 is 1.33 bits per heavy atom. The summed E-state index contributed by atoms with van der Waals surface area (Å²) in [5, 5.41) is 7.99. The number of rotatable bonds is 5. The molecule has 0 saturated carbocycles. The van der Waals surface area contributed by atoms with Crippen LogP contribution < -0.4 is 10.5 Å². The van der Waals surface area contributed by atoms with Gasteiger partial charge in [-0.1, -0.05) is 19.1 Å². The number of nitrogens with two attached hydrogens (primary N) is 1. The topological polar surface area (TPSA) is 116 Å². The number of urea groups is 1. The van der Waals surface area contributed by atoms with Gasteiger partial charge in [0, 0.05) is 12.1 Å². The molecule has 1 aliphatic rings. The molecule has 0 aliphatic carbocycles. The van der Waals surface area contributed by atoms with Crippen molar-refractivity contribution >= 4 is 22.7 Å². The first-order valence-electron chi connectivity index (χ1n) is 7.67. The first-order valence-corrected chi connectivity index (χ1v) is 9.28. The van der Waals surface area contributed by atoms with Gasteiger partial charge in [0.05, 0.1) is 11.4 Å². The SMILES string of the molecule is CCC1=C(C)CN(C(=O)NCCc2ccc(S(N)(O)O)cc2)C1=O. The molecule has 0 atom stereocenters. The van der Waals surface area contributed by atoms with Crippen molar-refractivity contribution < 1.29 is 18.7 Å². The van der Waals surface area contributed by atoms with Crippen LogP contribution in [-0.2, 0) is 11.2 Å². The molecule has 132 valence electrons. The van der Waals surface area contributed by atoms with Crippen LogP contribution in [0.1, 0.15) is 25.8 Å². The third-order valence-corrected chi connectivity index (χ3v) is 4.94. The number of nitrogens with one attached hydrogen (secondary N) is 1. The molecular formula is C16H23N3O4S. The summed E-state index contributed by atoms with van der Waals surface area (Å²) < 4.78 is 18.7. The summed E-state index contributed by atoms with van der Waals surface area (Å²) >= 11 is 0. The van der Waals surface area contributed by atoms with Crippen molar-refractivity contribution in [2.75, 3.05) is 13.1 Å². The molecule has 3 amide bonds. The van der Waals surface area contributed by atoms with E-state index < -0.39 is 16.8 Å². The van der Waals surface area contributed by atoms with Crippen molar-refractivity contribution in [3.63, 3.8) is 0 Å². The van der Waals surface area contributed by atoms with Gasteiger partial charge in [-0.15, -0.1) is 10.8 Å². The van der Waals surface area contributed by atoms with Gasteiger partial charge in [0.1, 0.15) is 0 Å². The van der Waals surface area contributed by atoms with E-state index in [4.69, 9.17) is 5.14 Å². The van der Waals surface area contributed by atoms with Crippen molar-refractivity contribution in [1.82, 2.24) is 10.2 Å². The minimum atomic E-state index is -3.20. The molecule has 0 bridgehead atoms. The molecular weight excluding hydrogens is 330 g/mol. The van der Waals surface area contributed by atoms with Crippen molar-refractivity contribution in [1.29, 1.82) is 0 Å². The van der Waals surface area contributed by atoms with E-state index in [1.807, 2.05) is 13.8 Å².